The predicted octanol–water partition coefficient (Wildman–Crippen LogP) is 16.8. The van der Waals surface area contributed by atoms with Crippen molar-refractivity contribution in [2.45, 2.75) is 12.3 Å². The van der Waals surface area contributed by atoms with Crippen LogP contribution in [0.4, 0.5) is 11.4 Å². The molecule has 3 heteroatoms. The van der Waals surface area contributed by atoms with Gasteiger partial charge in [0.1, 0.15) is 0 Å². The van der Waals surface area contributed by atoms with Gasteiger partial charge in [-0.1, -0.05) is 164 Å². The molecule has 290 valence electrons. The molecule has 2 aromatic heterocycles. The highest BCUT2D eigenvalue weighted by Crippen LogP contribution is 2.61. The second-order valence-corrected chi connectivity index (χ2v) is 17.7. The van der Waals surface area contributed by atoms with Gasteiger partial charge in [-0.2, -0.15) is 0 Å². The number of hydrogen-bond acceptors (Lipinski definition) is 3. The first-order valence-electron chi connectivity index (χ1n) is 20.8. The molecule has 0 saturated heterocycles. The van der Waals surface area contributed by atoms with E-state index in [0.717, 1.165) is 17.1 Å². The van der Waals surface area contributed by atoms with Crippen LogP contribution in [0.3, 0.4) is 0 Å². The number of thiophene rings is 2. The molecule has 0 radical (unpaired) electrons. The normalized spacial score (nSPS) is 13.2. The fraction of sp³-hybridized carbons (Fsp3) is 0.0345. The molecule has 1 aliphatic carbocycles. The van der Waals surface area contributed by atoms with E-state index in [1.165, 1.54) is 85.2 Å². The summed E-state index contributed by atoms with van der Waals surface area (Å²) in [5.41, 5.74) is 14.3. The lowest BCUT2D eigenvalue weighted by molar-refractivity contribution is 0.777. The van der Waals surface area contributed by atoms with E-state index in [-0.39, 0.29) is 0 Å². The number of nitrogens with zero attached hydrogens (tertiary/aromatic N) is 1. The predicted molar refractivity (Wildman–Crippen MR) is 265 cm³/mol. The molecule has 0 spiro atoms. The molecule has 0 atom stereocenters. The first-order chi connectivity index (χ1) is 30.1. The van der Waals surface area contributed by atoms with Crippen molar-refractivity contribution in [3.8, 4) is 32.7 Å². The molecular weight excluding hydrogens is 775 g/mol. The Hall–Kier alpha value is -7.04. The molecule has 0 saturated carbocycles. The quantitative estimate of drug-likeness (QED) is 0.131. The third-order valence-corrected chi connectivity index (χ3v) is 14.6. The molecule has 1 aliphatic rings. The number of allylic oxidation sites excluding steroid dienone is 4. The Morgan fingerprint density at radius 3 is 1.84 bits per heavy atom. The zero-order chi connectivity index (χ0) is 40.9. The summed E-state index contributed by atoms with van der Waals surface area (Å²) in [6.07, 6.45) is 8.18. The number of hydrogen-bond donors (Lipinski definition) is 0. The van der Waals surface area contributed by atoms with Gasteiger partial charge in [0, 0.05) is 46.8 Å². The summed E-state index contributed by atoms with van der Waals surface area (Å²) < 4.78 is 3.88. The van der Waals surface area contributed by atoms with Gasteiger partial charge in [-0.15, -0.1) is 22.7 Å². The van der Waals surface area contributed by atoms with Gasteiger partial charge in [-0.05, 0) is 123 Å². The molecule has 0 unspecified atom stereocenters. The maximum absolute atomic E-state index is 4.06. The highest BCUT2D eigenvalue weighted by atomic mass is 32.1. The molecule has 0 aliphatic heterocycles. The van der Waals surface area contributed by atoms with Gasteiger partial charge < -0.3 is 4.90 Å². The molecule has 11 rings (SSSR count). The summed E-state index contributed by atoms with van der Waals surface area (Å²) in [4.78, 5) is 3.69. The Bertz CT molecular complexity index is 3270. The number of anilines is 2. The van der Waals surface area contributed by atoms with Gasteiger partial charge in [-0.25, -0.2) is 0 Å². The summed E-state index contributed by atoms with van der Waals surface area (Å²) in [7, 11) is 0. The Labute approximate surface area is 365 Å². The van der Waals surface area contributed by atoms with Crippen LogP contribution in [0.2, 0.25) is 0 Å². The summed E-state index contributed by atoms with van der Waals surface area (Å²) >= 11 is 3.79. The standard InChI is InChI=1S/C58H41NS2/c1-3-16-45(17-4-2)59(46-30-26-40(27-31-46)39-18-8-5-9-19-39)47-32-35-54-50(38-47)48-33-28-42(37-55(48)60-54)41-29-34-52-51(36-41)57-56(49-24-14-15-25-53(49)61-57)58(52,43-20-10-6-11-21-43)44-22-12-7-13-23-44/h3-38H,1H2,2H3/b17-4-,45-16+. The van der Waals surface area contributed by atoms with Gasteiger partial charge in [0.2, 0.25) is 0 Å². The van der Waals surface area contributed by atoms with Gasteiger partial charge >= 0.3 is 0 Å². The highest BCUT2D eigenvalue weighted by molar-refractivity contribution is 7.25. The third-order valence-electron chi connectivity index (χ3n) is 12.2. The van der Waals surface area contributed by atoms with Gasteiger partial charge in [-0.3, -0.25) is 0 Å². The van der Waals surface area contributed by atoms with E-state index in [1.807, 2.05) is 28.7 Å². The zero-order valence-electron chi connectivity index (χ0n) is 33.8. The van der Waals surface area contributed by atoms with Gasteiger partial charge in [0.25, 0.3) is 0 Å². The first kappa shape index (κ1) is 37.0. The molecule has 1 nitrogen and oxygen atoms in total. The van der Waals surface area contributed by atoms with Crippen molar-refractivity contribution in [2.24, 2.45) is 0 Å². The lowest BCUT2D eigenvalue weighted by Crippen LogP contribution is -2.28. The van der Waals surface area contributed by atoms with Crippen LogP contribution in [0.15, 0.2) is 231 Å². The van der Waals surface area contributed by atoms with Gasteiger partial charge in [0.15, 0.2) is 0 Å². The largest absolute Gasteiger partial charge is 0.310 e. The molecule has 0 bridgehead atoms. The number of fused-ring (bicyclic) bond motifs is 8. The lowest BCUT2D eigenvalue weighted by atomic mass is 9.67. The maximum Gasteiger partial charge on any atom is 0.0728 e. The minimum absolute atomic E-state index is 0.427. The van der Waals surface area contributed by atoms with E-state index in [0.29, 0.717) is 0 Å². The molecule has 0 fully saturated rings. The van der Waals surface area contributed by atoms with Crippen LogP contribution in [-0.4, -0.2) is 0 Å². The summed E-state index contributed by atoms with van der Waals surface area (Å²) in [5, 5.41) is 3.86. The van der Waals surface area contributed by atoms with Crippen LogP contribution in [0.5, 0.6) is 0 Å². The Morgan fingerprint density at radius 1 is 0.508 bits per heavy atom. The summed E-state index contributed by atoms with van der Waals surface area (Å²) in [6, 6.07) is 71.7. The van der Waals surface area contributed by atoms with E-state index in [4.69, 9.17) is 0 Å². The average Bonchev–Trinajstić information content (AvgIpc) is 3.98. The Balaban J connectivity index is 1.03. The Morgan fingerprint density at radius 2 is 1.11 bits per heavy atom. The number of rotatable bonds is 9. The van der Waals surface area contributed by atoms with Crippen LogP contribution in [0.1, 0.15) is 29.2 Å². The summed E-state index contributed by atoms with van der Waals surface area (Å²) in [6.45, 7) is 6.12. The number of benzene rings is 8. The van der Waals surface area contributed by atoms with Crippen LogP contribution >= 0.6 is 22.7 Å². The topological polar surface area (TPSA) is 3.24 Å². The SMILES string of the molecule is C=C/C=C(\C=C/C)N(c1ccc(-c2ccccc2)cc1)c1ccc2sc3cc(-c4ccc5c(c4)-c4sc6ccccc6c4C5(c4ccccc4)c4ccccc4)ccc3c2c1. The minimum Gasteiger partial charge on any atom is -0.310 e. The average molecular weight is 816 g/mol. The maximum atomic E-state index is 4.06. The minimum atomic E-state index is -0.427. The van der Waals surface area contributed by atoms with Crippen molar-refractivity contribution >= 4 is 64.3 Å². The fourth-order valence-corrected chi connectivity index (χ4v) is 12.0. The van der Waals surface area contributed by atoms with Crippen molar-refractivity contribution in [1.29, 1.82) is 0 Å². The molecule has 0 N–H and O–H groups in total. The van der Waals surface area contributed by atoms with Crippen LogP contribution in [0.25, 0.3) is 63.0 Å². The lowest BCUT2D eigenvalue weighted by Gasteiger charge is -2.34. The van der Waals surface area contributed by atoms with Crippen molar-refractivity contribution in [3.63, 3.8) is 0 Å². The van der Waals surface area contributed by atoms with Crippen molar-refractivity contribution < 1.29 is 0 Å². The van der Waals surface area contributed by atoms with E-state index in [9.17, 15) is 0 Å². The molecular formula is C58H41NS2. The Kier molecular flexibility index (Phi) is 9.22. The van der Waals surface area contributed by atoms with Crippen molar-refractivity contribution in [1.82, 2.24) is 0 Å². The monoisotopic (exact) mass is 815 g/mol. The molecule has 0 amide bonds. The van der Waals surface area contributed by atoms with E-state index in [1.54, 1.807) is 0 Å². The summed E-state index contributed by atoms with van der Waals surface area (Å²) in [5.74, 6) is 0. The molecule has 2 heterocycles. The van der Waals surface area contributed by atoms with E-state index >= 15 is 0 Å². The second kappa shape index (κ2) is 15.2. The van der Waals surface area contributed by atoms with E-state index < -0.39 is 5.41 Å². The van der Waals surface area contributed by atoms with Crippen LogP contribution in [-0.2, 0) is 5.41 Å². The van der Waals surface area contributed by atoms with Crippen molar-refractivity contribution in [2.75, 3.05) is 4.90 Å². The smallest absolute Gasteiger partial charge is 0.0728 e. The molecule has 8 aromatic carbocycles. The molecule has 61 heavy (non-hydrogen) atoms. The fourth-order valence-electron chi connectivity index (χ4n) is 9.58. The third kappa shape index (κ3) is 6.04. The highest BCUT2D eigenvalue weighted by Gasteiger charge is 2.48. The van der Waals surface area contributed by atoms with E-state index in [2.05, 4.69) is 231 Å². The van der Waals surface area contributed by atoms with Crippen molar-refractivity contribution in [3.05, 3.63) is 253 Å². The van der Waals surface area contributed by atoms with Gasteiger partial charge in [0.05, 0.1) is 5.41 Å². The second-order valence-electron chi connectivity index (χ2n) is 15.6. The van der Waals surface area contributed by atoms with Crippen LogP contribution < -0.4 is 4.90 Å². The first-order valence-corrected chi connectivity index (χ1v) is 22.4. The molecule has 10 aromatic rings. The zero-order valence-corrected chi connectivity index (χ0v) is 35.4. The van der Waals surface area contributed by atoms with Crippen LogP contribution in [0, 0.1) is 0 Å².